The summed E-state index contributed by atoms with van der Waals surface area (Å²) in [4.78, 5) is 12.1. The van der Waals surface area contributed by atoms with Gasteiger partial charge in [-0.15, -0.1) is 0 Å². The SMILES string of the molecule is CC(=O)O[C@@]12CCC3CCCC[C@]3(C)[C@H]1CC[C@]1(C)C=CC[C@@H]21. The van der Waals surface area contributed by atoms with Crippen molar-refractivity contribution >= 4 is 5.97 Å². The molecule has 4 aliphatic carbocycles. The standard InChI is InChI=1S/C21H32O2/c1-15(22)23-21-14-9-16-7-4-5-12-20(16,3)18(21)10-13-19(2)11-6-8-17(19)21/h6,11,16-18H,4-5,7-10,12-14H2,1-3H3/t16?,17-,18-,19+,20+,21-/m1/s1. The molecule has 0 radical (unpaired) electrons. The van der Waals surface area contributed by atoms with E-state index in [1.165, 1.54) is 44.9 Å². The summed E-state index contributed by atoms with van der Waals surface area (Å²) in [5.74, 6) is 1.85. The number of hydrogen-bond acceptors (Lipinski definition) is 2. The lowest BCUT2D eigenvalue weighted by atomic mass is 9.43. The average molecular weight is 316 g/mol. The van der Waals surface area contributed by atoms with Gasteiger partial charge in [-0.05, 0) is 61.7 Å². The number of fused-ring (bicyclic) bond motifs is 5. The molecule has 0 saturated heterocycles. The van der Waals surface area contributed by atoms with Gasteiger partial charge in [0.25, 0.3) is 0 Å². The molecule has 0 spiro atoms. The zero-order chi connectivity index (χ0) is 16.3. The second-order valence-corrected chi connectivity index (χ2v) is 9.32. The predicted molar refractivity (Wildman–Crippen MR) is 91.9 cm³/mol. The molecule has 1 unspecified atom stereocenters. The molecule has 3 saturated carbocycles. The number of rotatable bonds is 1. The maximum absolute atomic E-state index is 12.1. The molecular formula is C21H32O2. The summed E-state index contributed by atoms with van der Waals surface area (Å²) in [7, 11) is 0. The first kappa shape index (κ1) is 15.7. The highest BCUT2D eigenvalue weighted by Gasteiger charge is 2.65. The Morgan fingerprint density at radius 3 is 2.65 bits per heavy atom. The second kappa shape index (κ2) is 5.10. The molecule has 0 aliphatic heterocycles. The Morgan fingerprint density at radius 2 is 1.87 bits per heavy atom. The topological polar surface area (TPSA) is 26.3 Å². The van der Waals surface area contributed by atoms with Gasteiger partial charge in [0.15, 0.2) is 0 Å². The third kappa shape index (κ3) is 2.09. The van der Waals surface area contributed by atoms with Crippen LogP contribution < -0.4 is 0 Å². The van der Waals surface area contributed by atoms with Crippen molar-refractivity contribution in [2.24, 2.45) is 28.6 Å². The summed E-state index contributed by atoms with van der Waals surface area (Å²) in [6, 6.07) is 0. The van der Waals surface area contributed by atoms with E-state index in [1.54, 1.807) is 6.92 Å². The van der Waals surface area contributed by atoms with Crippen LogP contribution in [0, 0.1) is 28.6 Å². The summed E-state index contributed by atoms with van der Waals surface area (Å²) < 4.78 is 6.30. The fourth-order valence-corrected chi connectivity index (χ4v) is 7.28. The van der Waals surface area contributed by atoms with Crippen LogP contribution in [0.25, 0.3) is 0 Å². The highest BCUT2D eigenvalue weighted by atomic mass is 16.6. The van der Waals surface area contributed by atoms with E-state index in [1.807, 2.05) is 0 Å². The van der Waals surface area contributed by atoms with Crippen molar-refractivity contribution in [3.63, 3.8) is 0 Å². The quantitative estimate of drug-likeness (QED) is 0.486. The fraction of sp³-hybridized carbons (Fsp3) is 0.857. The number of carbonyl (C=O) groups excluding carboxylic acids is 1. The first-order chi connectivity index (χ1) is 10.9. The molecule has 0 amide bonds. The van der Waals surface area contributed by atoms with Crippen LogP contribution in [0.4, 0.5) is 0 Å². The lowest BCUT2D eigenvalue weighted by Gasteiger charge is -2.64. The minimum atomic E-state index is -0.203. The third-order valence-electron chi connectivity index (χ3n) is 8.28. The van der Waals surface area contributed by atoms with Gasteiger partial charge in [0.2, 0.25) is 0 Å². The zero-order valence-electron chi connectivity index (χ0n) is 15.1. The molecule has 23 heavy (non-hydrogen) atoms. The lowest BCUT2D eigenvalue weighted by Crippen LogP contribution is -2.64. The van der Waals surface area contributed by atoms with Crippen molar-refractivity contribution in [2.45, 2.75) is 84.2 Å². The Labute approximate surface area is 141 Å². The summed E-state index contributed by atoms with van der Waals surface area (Å²) >= 11 is 0. The Hall–Kier alpha value is -0.790. The van der Waals surface area contributed by atoms with Crippen LogP contribution in [0.2, 0.25) is 0 Å². The van der Waals surface area contributed by atoms with Gasteiger partial charge in [0.1, 0.15) is 5.60 Å². The van der Waals surface area contributed by atoms with E-state index in [0.29, 0.717) is 17.3 Å². The zero-order valence-corrected chi connectivity index (χ0v) is 15.1. The Bertz CT molecular complexity index is 538. The number of esters is 1. The van der Waals surface area contributed by atoms with E-state index in [2.05, 4.69) is 26.0 Å². The molecule has 4 rings (SSSR count). The lowest BCUT2D eigenvalue weighted by molar-refractivity contribution is -0.232. The second-order valence-electron chi connectivity index (χ2n) is 9.32. The molecule has 0 bridgehead atoms. The van der Waals surface area contributed by atoms with Crippen LogP contribution in [0.15, 0.2) is 12.2 Å². The van der Waals surface area contributed by atoms with Crippen LogP contribution in [0.1, 0.15) is 78.6 Å². The highest BCUT2D eigenvalue weighted by Crippen LogP contribution is 2.67. The minimum Gasteiger partial charge on any atom is -0.459 e. The molecule has 3 fully saturated rings. The van der Waals surface area contributed by atoms with Crippen LogP contribution in [0.3, 0.4) is 0 Å². The van der Waals surface area contributed by atoms with Gasteiger partial charge in [0.05, 0.1) is 0 Å². The molecule has 0 aromatic heterocycles. The van der Waals surface area contributed by atoms with Crippen molar-refractivity contribution in [3.05, 3.63) is 12.2 Å². The van der Waals surface area contributed by atoms with Gasteiger partial charge in [0, 0.05) is 18.8 Å². The Kier molecular flexibility index (Phi) is 3.49. The molecular weight excluding hydrogens is 284 g/mol. The fourth-order valence-electron chi connectivity index (χ4n) is 7.28. The van der Waals surface area contributed by atoms with E-state index in [-0.39, 0.29) is 17.0 Å². The summed E-state index contributed by atoms with van der Waals surface area (Å²) in [5.41, 5.74) is 0.421. The Balaban J connectivity index is 1.77. The van der Waals surface area contributed by atoms with Gasteiger partial charge in [-0.25, -0.2) is 0 Å². The van der Waals surface area contributed by atoms with E-state index in [4.69, 9.17) is 4.74 Å². The monoisotopic (exact) mass is 316 g/mol. The van der Waals surface area contributed by atoms with Gasteiger partial charge < -0.3 is 4.74 Å². The number of carbonyl (C=O) groups is 1. The summed E-state index contributed by atoms with van der Waals surface area (Å²) in [5, 5.41) is 0. The summed E-state index contributed by atoms with van der Waals surface area (Å²) in [6.45, 7) is 6.55. The maximum atomic E-state index is 12.1. The van der Waals surface area contributed by atoms with E-state index in [9.17, 15) is 4.79 Å². The van der Waals surface area contributed by atoms with Crippen molar-refractivity contribution in [1.29, 1.82) is 0 Å². The normalized spacial score (nSPS) is 51.5. The van der Waals surface area contributed by atoms with Crippen molar-refractivity contribution < 1.29 is 9.53 Å². The van der Waals surface area contributed by atoms with Crippen LogP contribution in [-0.2, 0) is 9.53 Å². The van der Waals surface area contributed by atoms with Crippen LogP contribution >= 0.6 is 0 Å². The predicted octanol–water partition coefficient (Wildman–Crippen LogP) is 5.27. The van der Waals surface area contributed by atoms with Gasteiger partial charge in [-0.1, -0.05) is 38.8 Å². The van der Waals surface area contributed by atoms with E-state index in [0.717, 1.165) is 18.8 Å². The first-order valence-electron chi connectivity index (χ1n) is 9.78. The molecule has 0 N–H and O–H groups in total. The molecule has 2 heteroatoms. The summed E-state index contributed by atoms with van der Waals surface area (Å²) in [6.07, 6.45) is 16.2. The van der Waals surface area contributed by atoms with Crippen molar-refractivity contribution in [2.75, 3.05) is 0 Å². The molecule has 6 atom stereocenters. The van der Waals surface area contributed by atoms with Gasteiger partial charge in [-0.2, -0.15) is 0 Å². The van der Waals surface area contributed by atoms with Gasteiger partial charge >= 0.3 is 5.97 Å². The molecule has 2 nitrogen and oxygen atoms in total. The number of hydrogen-bond donors (Lipinski definition) is 0. The smallest absolute Gasteiger partial charge is 0.303 e. The van der Waals surface area contributed by atoms with E-state index < -0.39 is 0 Å². The molecule has 0 heterocycles. The highest BCUT2D eigenvalue weighted by molar-refractivity contribution is 5.67. The van der Waals surface area contributed by atoms with Crippen molar-refractivity contribution in [1.82, 2.24) is 0 Å². The van der Waals surface area contributed by atoms with E-state index >= 15 is 0 Å². The molecule has 0 aromatic rings. The largest absolute Gasteiger partial charge is 0.459 e. The maximum Gasteiger partial charge on any atom is 0.303 e. The molecule has 4 aliphatic rings. The minimum absolute atomic E-state index is 0.0657. The first-order valence-corrected chi connectivity index (χ1v) is 9.78. The number of ether oxygens (including phenoxy) is 1. The van der Waals surface area contributed by atoms with Crippen LogP contribution in [-0.4, -0.2) is 11.6 Å². The molecule has 0 aromatic carbocycles. The third-order valence-corrected chi connectivity index (χ3v) is 8.28. The Morgan fingerprint density at radius 1 is 1.04 bits per heavy atom. The van der Waals surface area contributed by atoms with Crippen LogP contribution in [0.5, 0.6) is 0 Å². The molecule has 128 valence electrons. The average Bonchev–Trinajstić information content (AvgIpc) is 2.89. The number of allylic oxidation sites excluding steroid dienone is 2. The van der Waals surface area contributed by atoms with Crippen molar-refractivity contribution in [3.8, 4) is 0 Å². The van der Waals surface area contributed by atoms with Gasteiger partial charge in [-0.3, -0.25) is 4.79 Å².